The molecule has 2 aromatic rings. The Bertz CT molecular complexity index is 460. The van der Waals surface area contributed by atoms with Crippen molar-refractivity contribution in [3.8, 4) is 0 Å². The third-order valence-electron chi connectivity index (χ3n) is 1.80. The predicted octanol–water partition coefficient (Wildman–Crippen LogP) is 0.501. The highest BCUT2D eigenvalue weighted by Gasteiger charge is 2.06. The number of halogens is 1. The zero-order valence-electron chi connectivity index (χ0n) is 8.14. The molecule has 7 nitrogen and oxygen atoms in total. The topological polar surface area (TPSA) is 102 Å². The summed E-state index contributed by atoms with van der Waals surface area (Å²) in [5.74, 6) is 4.72. The summed E-state index contributed by atoms with van der Waals surface area (Å²) in [6, 6.07) is 1.66. The fourth-order valence-corrected chi connectivity index (χ4v) is 1.06. The third kappa shape index (κ3) is 2.23. The summed E-state index contributed by atoms with van der Waals surface area (Å²) < 4.78 is 17.9. The van der Waals surface area contributed by atoms with Crippen LogP contribution in [-0.2, 0) is 6.54 Å². The van der Waals surface area contributed by atoms with E-state index in [2.05, 4.69) is 30.4 Å². The van der Waals surface area contributed by atoms with Gasteiger partial charge >= 0.3 is 0 Å². The monoisotopic (exact) mass is 224 g/mol. The molecule has 0 saturated heterocycles. The predicted molar refractivity (Wildman–Crippen MR) is 53.6 cm³/mol. The molecule has 0 aliphatic rings. The van der Waals surface area contributed by atoms with Crippen LogP contribution < -0.4 is 16.6 Å². The Kier molecular flexibility index (Phi) is 2.92. The van der Waals surface area contributed by atoms with Crippen LogP contribution in [0.5, 0.6) is 0 Å². The van der Waals surface area contributed by atoms with Gasteiger partial charge in [-0.15, -0.1) is 0 Å². The Balaban J connectivity index is 2.08. The van der Waals surface area contributed by atoms with E-state index in [1.54, 1.807) is 6.07 Å². The molecule has 0 radical (unpaired) electrons. The third-order valence-corrected chi connectivity index (χ3v) is 1.80. The summed E-state index contributed by atoms with van der Waals surface area (Å²) in [6.45, 7) is 0.300. The number of nitrogen functional groups attached to an aromatic ring is 1. The lowest BCUT2D eigenvalue weighted by atomic mass is 10.4. The molecule has 0 saturated carbocycles. The highest BCUT2D eigenvalue weighted by molar-refractivity contribution is 5.40. The molecule has 2 rings (SSSR count). The van der Waals surface area contributed by atoms with Crippen molar-refractivity contribution in [1.29, 1.82) is 0 Å². The van der Waals surface area contributed by atoms with Crippen molar-refractivity contribution in [3.05, 3.63) is 30.0 Å². The average Bonchev–Trinajstić information content (AvgIpc) is 2.81. The number of aromatic nitrogens is 3. The number of hydrazine groups is 1. The highest BCUT2D eigenvalue weighted by atomic mass is 19.1. The number of hydrogen-bond acceptors (Lipinski definition) is 7. The van der Waals surface area contributed by atoms with Crippen molar-refractivity contribution < 1.29 is 8.91 Å². The largest absolute Gasteiger partial charge is 0.364 e. The Labute approximate surface area is 89.8 Å². The van der Waals surface area contributed by atoms with Gasteiger partial charge in [-0.25, -0.2) is 15.2 Å². The lowest BCUT2D eigenvalue weighted by Gasteiger charge is -2.05. The van der Waals surface area contributed by atoms with Crippen LogP contribution in [0.15, 0.2) is 23.0 Å². The summed E-state index contributed by atoms with van der Waals surface area (Å²) in [4.78, 5) is 7.40. The van der Waals surface area contributed by atoms with Gasteiger partial charge in [-0.2, -0.15) is 4.98 Å². The molecule has 0 spiro atoms. The normalized spacial score (nSPS) is 10.1. The van der Waals surface area contributed by atoms with E-state index in [1.807, 2.05) is 0 Å². The van der Waals surface area contributed by atoms with Gasteiger partial charge in [-0.1, -0.05) is 5.16 Å². The Morgan fingerprint density at radius 3 is 3.06 bits per heavy atom. The van der Waals surface area contributed by atoms with Crippen molar-refractivity contribution >= 4 is 11.8 Å². The van der Waals surface area contributed by atoms with E-state index in [-0.39, 0.29) is 11.8 Å². The lowest BCUT2D eigenvalue weighted by Crippen LogP contribution is -2.13. The fourth-order valence-electron chi connectivity index (χ4n) is 1.06. The minimum absolute atomic E-state index is 0.0472. The van der Waals surface area contributed by atoms with E-state index in [9.17, 15) is 4.39 Å². The molecule has 0 fully saturated rings. The maximum absolute atomic E-state index is 13.2. The molecule has 2 heterocycles. The summed E-state index contributed by atoms with van der Waals surface area (Å²) in [7, 11) is 0. The minimum Gasteiger partial charge on any atom is -0.364 e. The standard InChI is InChI=1S/C8H9FN6O/c9-6-4-12-8(14-10)13-7(6)11-3-5-1-2-16-15-5/h1-2,4H,3,10H2,(H2,11,12,13,14). The second-order valence-corrected chi connectivity index (χ2v) is 2.88. The minimum atomic E-state index is -0.567. The summed E-state index contributed by atoms with van der Waals surface area (Å²) in [6.07, 6.45) is 2.45. The quantitative estimate of drug-likeness (QED) is 0.513. The molecule has 0 aromatic carbocycles. The molecule has 0 unspecified atom stereocenters. The first-order chi connectivity index (χ1) is 7.79. The van der Waals surface area contributed by atoms with Crippen LogP contribution in [0.1, 0.15) is 5.69 Å². The van der Waals surface area contributed by atoms with E-state index < -0.39 is 5.82 Å². The van der Waals surface area contributed by atoms with Crippen molar-refractivity contribution in [2.45, 2.75) is 6.54 Å². The highest BCUT2D eigenvalue weighted by Crippen LogP contribution is 2.12. The molecular formula is C8H9FN6O. The molecule has 2 aromatic heterocycles. The number of hydrogen-bond donors (Lipinski definition) is 3. The molecule has 4 N–H and O–H groups in total. The summed E-state index contributed by atoms with van der Waals surface area (Å²) in [5.41, 5.74) is 2.86. The van der Waals surface area contributed by atoms with Gasteiger partial charge in [0.1, 0.15) is 12.0 Å². The van der Waals surface area contributed by atoms with Crippen molar-refractivity contribution in [1.82, 2.24) is 15.1 Å². The van der Waals surface area contributed by atoms with Gasteiger partial charge in [-0.05, 0) is 0 Å². The molecule has 8 heteroatoms. The number of nitrogens with two attached hydrogens (primary N) is 1. The zero-order chi connectivity index (χ0) is 11.4. The van der Waals surface area contributed by atoms with Gasteiger partial charge in [0.15, 0.2) is 11.6 Å². The summed E-state index contributed by atoms with van der Waals surface area (Å²) in [5, 5.41) is 6.41. The van der Waals surface area contributed by atoms with Crippen LogP contribution in [0, 0.1) is 5.82 Å². The van der Waals surface area contributed by atoms with Crippen LogP contribution in [0.4, 0.5) is 16.2 Å². The second-order valence-electron chi connectivity index (χ2n) is 2.88. The van der Waals surface area contributed by atoms with Crippen LogP contribution in [-0.4, -0.2) is 15.1 Å². The summed E-state index contributed by atoms with van der Waals surface area (Å²) >= 11 is 0. The second kappa shape index (κ2) is 4.53. The smallest absolute Gasteiger partial charge is 0.239 e. The molecular weight excluding hydrogens is 215 g/mol. The Morgan fingerprint density at radius 2 is 2.38 bits per heavy atom. The molecule has 0 aliphatic carbocycles. The lowest BCUT2D eigenvalue weighted by molar-refractivity contribution is 0.412. The van der Waals surface area contributed by atoms with Crippen molar-refractivity contribution in [3.63, 3.8) is 0 Å². The first-order valence-corrected chi connectivity index (χ1v) is 4.42. The van der Waals surface area contributed by atoms with Crippen LogP contribution in [0.3, 0.4) is 0 Å². The zero-order valence-corrected chi connectivity index (χ0v) is 8.14. The van der Waals surface area contributed by atoms with E-state index in [4.69, 9.17) is 5.84 Å². The Hall–Kier alpha value is -2.22. The average molecular weight is 224 g/mol. The molecule has 0 aliphatic heterocycles. The van der Waals surface area contributed by atoms with Crippen LogP contribution >= 0.6 is 0 Å². The van der Waals surface area contributed by atoms with E-state index in [0.29, 0.717) is 12.2 Å². The van der Waals surface area contributed by atoms with Gasteiger partial charge in [0.2, 0.25) is 5.95 Å². The van der Waals surface area contributed by atoms with Crippen molar-refractivity contribution in [2.75, 3.05) is 10.7 Å². The fraction of sp³-hybridized carbons (Fsp3) is 0.125. The Morgan fingerprint density at radius 1 is 1.50 bits per heavy atom. The van der Waals surface area contributed by atoms with E-state index >= 15 is 0 Å². The first-order valence-electron chi connectivity index (χ1n) is 4.42. The van der Waals surface area contributed by atoms with Gasteiger partial charge in [0.05, 0.1) is 12.7 Å². The van der Waals surface area contributed by atoms with Gasteiger partial charge in [0.25, 0.3) is 0 Å². The van der Waals surface area contributed by atoms with E-state index in [0.717, 1.165) is 6.20 Å². The number of nitrogens with one attached hydrogen (secondary N) is 2. The van der Waals surface area contributed by atoms with Crippen molar-refractivity contribution in [2.24, 2.45) is 5.84 Å². The van der Waals surface area contributed by atoms with Gasteiger partial charge in [0, 0.05) is 6.07 Å². The molecule has 0 amide bonds. The van der Waals surface area contributed by atoms with Crippen LogP contribution in [0.2, 0.25) is 0 Å². The molecule has 84 valence electrons. The maximum atomic E-state index is 13.2. The maximum Gasteiger partial charge on any atom is 0.239 e. The van der Waals surface area contributed by atoms with Gasteiger partial charge in [-0.3, -0.25) is 5.43 Å². The SMILES string of the molecule is NNc1ncc(F)c(NCc2ccon2)n1. The number of anilines is 2. The van der Waals surface area contributed by atoms with Gasteiger partial charge < -0.3 is 9.84 Å². The molecule has 0 atom stereocenters. The van der Waals surface area contributed by atoms with Crippen LogP contribution in [0.25, 0.3) is 0 Å². The number of rotatable bonds is 4. The number of nitrogens with zero attached hydrogens (tertiary/aromatic N) is 3. The molecule has 16 heavy (non-hydrogen) atoms. The molecule has 0 bridgehead atoms. The first kappa shape index (κ1) is 10.3. The van der Waals surface area contributed by atoms with E-state index in [1.165, 1.54) is 6.26 Å².